The number of carbonyl (C=O) groups is 4. The largest absolute Gasteiger partial charge is 0.460 e. The van der Waals surface area contributed by atoms with Crippen LogP contribution in [0, 0.1) is 5.92 Å². The second kappa shape index (κ2) is 15.7. The van der Waals surface area contributed by atoms with E-state index in [4.69, 9.17) is 9.47 Å². The van der Waals surface area contributed by atoms with Gasteiger partial charge in [0.05, 0.1) is 23.2 Å². The number of para-hydroxylation sites is 1. The molecule has 1 saturated heterocycles. The Labute approximate surface area is 278 Å². The van der Waals surface area contributed by atoms with Crippen molar-refractivity contribution < 1.29 is 28.7 Å². The number of carbonyl (C=O) groups excluding carboxylic acids is 4. The van der Waals surface area contributed by atoms with Gasteiger partial charge in [-0.15, -0.1) is 0 Å². The average Bonchev–Trinajstić information content (AvgIpc) is 3.60. The number of H-pyrrole nitrogens is 1. The molecular weight excluding hydrogens is 652 g/mol. The molecule has 4 unspecified atom stereocenters. The first kappa shape index (κ1) is 33.7. The summed E-state index contributed by atoms with van der Waals surface area (Å²) in [5, 5.41) is 7.04. The first-order valence-electron chi connectivity index (χ1n) is 16.2. The van der Waals surface area contributed by atoms with Crippen molar-refractivity contribution in [2.45, 2.75) is 89.6 Å². The van der Waals surface area contributed by atoms with Gasteiger partial charge in [0.25, 0.3) is 0 Å². The van der Waals surface area contributed by atoms with E-state index in [1.165, 1.54) is 6.92 Å². The number of nitrogens with one attached hydrogen (secondary N) is 3. The maximum atomic E-state index is 14.5. The minimum Gasteiger partial charge on any atom is -0.460 e. The number of benzene rings is 2. The van der Waals surface area contributed by atoms with Crippen molar-refractivity contribution in [1.82, 2.24) is 20.5 Å². The van der Waals surface area contributed by atoms with Gasteiger partial charge in [-0.2, -0.15) is 0 Å². The Balaban J connectivity index is 1.29. The fourth-order valence-corrected chi connectivity index (χ4v) is 7.28. The number of esters is 2. The Morgan fingerprint density at radius 3 is 2.46 bits per heavy atom. The molecule has 1 aromatic heterocycles. The zero-order valence-electron chi connectivity index (χ0n) is 26.4. The molecule has 11 heteroatoms. The minimum atomic E-state index is -0.730. The highest BCUT2D eigenvalue weighted by molar-refractivity contribution is 9.10. The summed E-state index contributed by atoms with van der Waals surface area (Å²) in [6.45, 7) is 3.50. The first-order valence-corrected chi connectivity index (χ1v) is 17.0. The van der Waals surface area contributed by atoms with E-state index in [1.807, 2.05) is 54.6 Å². The van der Waals surface area contributed by atoms with E-state index in [9.17, 15) is 19.2 Å². The van der Waals surface area contributed by atoms with Crippen molar-refractivity contribution in [2.75, 3.05) is 13.1 Å². The predicted molar refractivity (Wildman–Crippen MR) is 178 cm³/mol. The molecule has 2 aliphatic rings. The highest BCUT2D eigenvalue weighted by Gasteiger charge is 2.44. The molecule has 3 N–H and O–H groups in total. The third-order valence-electron chi connectivity index (χ3n) is 9.13. The summed E-state index contributed by atoms with van der Waals surface area (Å²) in [6.07, 6.45) is 5.29. The monoisotopic (exact) mass is 694 g/mol. The number of rotatable bonds is 12. The Morgan fingerprint density at radius 1 is 1.00 bits per heavy atom. The number of halogens is 1. The van der Waals surface area contributed by atoms with Crippen LogP contribution in [-0.2, 0) is 41.7 Å². The lowest BCUT2D eigenvalue weighted by atomic mass is 9.83. The van der Waals surface area contributed by atoms with Gasteiger partial charge in [-0.3, -0.25) is 24.5 Å². The maximum absolute atomic E-state index is 14.5. The van der Waals surface area contributed by atoms with Gasteiger partial charge in [-0.25, -0.2) is 0 Å². The average molecular weight is 696 g/mol. The summed E-state index contributed by atoms with van der Waals surface area (Å²) in [6, 6.07) is 15.5. The third-order valence-corrected chi connectivity index (χ3v) is 9.81. The van der Waals surface area contributed by atoms with Gasteiger partial charge in [0.2, 0.25) is 11.8 Å². The second-order valence-corrected chi connectivity index (χ2v) is 13.1. The zero-order chi connectivity index (χ0) is 32.6. The Kier molecular flexibility index (Phi) is 11.5. The second-order valence-electron chi connectivity index (χ2n) is 12.3. The number of aromatic nitrogens is 1. The number of nitrogens with zero attached hydrogens (tertiary/aromatic N) is 1. The molecule has 4 atom stereocenters. The molecule has 2 fully saturated rings. The first-order chi connectivity index (χ1) is 22.2. The summed E-state index contributed by atoms with van der Waals surface area (Å²) >= 11 is 3.67. The molecule has 3 aromatic rings. The topological polar surface area (TPSA) is 130 Å². The van der Waals surface area contributed by atoms with Gasteiger partial charge in [-0.1, -0.05) is 67.8 Å². The molecule has 1 aliphatic heterocycles. The van der Waals surface area contributed by atoms with Crippen molar-refractivity contribution in [3.63, 3.8) is 0 Å². The van der Waals surface area contributed by atoms with Crippen molar-refractivity contribution in [3.8, 4) is 0 Å². The molecule has 2 heterocycles. The van der Waals surface area contributed by atoms with E-state index in [-0.39, 0.29) is 36.9 Å². The smallest absolute Gasteiger partial charge is 0.320 e. The van der Waals surface area contributed by atoms with E-state index in [2.05, 4.69) is 31.5 Å². The van der Waals surface area contributed by atoms with Gasteiger partial charge in [0.1, 0.15) is 18.8 Å². The molecule has 2 amide bonds. The van der Waals surface area contributed by atoms with Crippen LogP contribution in [0.3, 0.4) is 0 Å². The lowest BCUT2D eigenvalue weighted by molar-refractivity contribution is -0.150. The van der Waals surface area contributed by atoms with Crippen LogP contribution >= 0.6 is 15.9 Å². The van der Waals surface area contributed by atoms with Crippen LogP contribution in [-0.4, -0.2) is 71.0 Å². The number of ether oxygens (including phenoxy) is 2. The van der Waals surface area contributed by atoms with Gasteiger partial charge in [0, 0.05) is 30.8 Å². The summed E-state index contributed by atoms with van der Waals surface area (Å²) in [4.78, 5) is 57.5. The molecule has 10 nitrogen and oxygen atoms in total. The Bertz CT molecular complexity index is 1520. The van der Waals surface area contributed by atoms with Crippen LogP contribution < -0.4 is 10.6 Å². The number of hydrogen-bond donors (Lipinski definition) is 3. The van der Waals surface area contributed by atoms with Crippen molar-refractivity contribution >= 4 is 50.6 Å². The summed E-state index contributed by atoms with van der Waals surface area (Å²) < 4.78 is 11.9. The molecule has 2 aromatic carbocycles. The molecule has 1 aliphatic carbocycles. The number of fused-ring (bicyclic) bond motifs is 1. The minimum absolute atomic E-state index is 0.0125. The SMILES string of the molecule is CC(=O)OC1CCN(C(=O)C(NC(=O)C(C)NCC(=O)OCc2ccccc2)C2CCCCC2)C1Cc1c(Br)[nH]c2ccccc12. The fraction of sp³-hybridized carbons (Fsp3) is 0.486. The molecule has 0 bridgehead atoms. The van der Waals surface area contributed by atoms with Crippen LogP contribution in [0.1, 0.15) is 63.5 Å². The molecule has 1 saturated carbocycles. The Morgan fingerprint density at radius 2 is 1.72 bits per heavy atom. The number of aromatic amines is 1. The number of amides is 2. The van der Waals surface area contributed by atoms with Gasteiger partial charge in [-0.05, 0) is 65.2 Å². The number of likely N-dealkylation sites (tertiary alicyclic amines) is 1. The lowest BCUT2D eigenvalue weighted by Crippen LogP contribution is -2.57. The van der Waals surface area contributed by atoms with Crippen LogP contribution in [0.15, 0.2) is 59.2 Å². The van der Waals surface area contributed by atoms with E-state index in [0.717, 1.165) is 58.7 Å². The highest BCUT2D eigenvalue weighted by Crippen LogP contribution is 2.34. The quantitative estimate of drug-likeness (QED) is 0.233. The molecular formula is C35H43BrN4O6. The lowest BCUT2D eigenvalue weighted by Gasteiger charge is -2.36. The third kappa shape index (κ3) is 8.36. The Hall–Kier alpha value is -3.70. The zero-order valence-corrected chi connectivity index (χ0v) is 28.0. The molecule has 0 spiro atoms. The number of hydrogen-bond acceptors (Lipinski definition) is 7. The summed E-state index contributed by atoms with van der Waals surface area (Å²) in [5.41, 5.74) is 2.86. The van der Waals surface area contributed by atoms with E-state index >= 15 is 0 Å². The van der Waals surface area contributed by atoms with Gasteiger partial charge < -0.3 is 24.7 Å². The highest BCUT2D eigenvalue weighted by atomic mass is 79.9. The molecule has 246 valence electrons. The molecule has 5 rings (SSSR count). The molecule has 0 radical (unpaired) electrons. The van der Waals surface area contributed by atoms with Gasteiger partial charge in [0.15, 0.2) is 0 Å². The molecule has 46 heavy (non-hydrogen) atoms. The van der Waals surface area contributed by atoms with Crippen molar-refractivity contribution in [3.05, 3.63) is 70.3 Å². The van der Waals surface area contributed by atoms with Crippen LogP contribution in [0.25, 0.3) is 10.9 Å². The maximum Gasteiger partial charge on any atom is 0.320 e. The van der Waals surface area contributed by atoms with E-state index in [0.29, 0.717) is 19.4 Å². The van der Waals surface area contributed by atoms with E-state index in [1.54, 1.807) is 11.8 Å². The summed E-state index contributed by atoms with van der Waals surface area (Å²) in [5.74, 6) is -1.39. The van der Waals surface area contributed by atoms with E-state index < -0.39 is 30.2 Å². The normalized spacial score (nSPS) is 19.8. The van der Waals surface area contributed by atoms with Crippen LogP contribution in [0.4, 0.5) is 0 Å². The predicted octanol–water partition coefficient (Wildman–Crippen LogP) is 4.79. The van der Waals surface area contributed by atoms with Crippen LogP contribution in [0.2, 0.25) is 0 Å². The van der Waals surface area contributed by atoms with Crippen molar-refractivity contribution in [1.29, 1.82) is 0 Å². The fourth-order valence-electron chi connectivity index (χ4n) is 6.69. The van der Waals surface area contributed by atoms with Crippen molar-refractivity contribution in [2.24, 2.45) is 5.92 Å². The van der Waals surface area contributed by atoms with Gasteiger partial charge >= 0.3 is 11.9 Å². The standard InChI is InChI=1S/C35H43BrN4O6/c1-22(37-20-31(42)45-21-24-11-5-3-6-12-24)34(43)39-32(25-13-7-4-8-14-25)35(44)40-18-17-30(46-23(2)41)29(40)19-27-26-15-9-10-16-28(26)38-33(27)36/h3,5-6,9-12,15-16,22,25,29-30,32,37-38H,4,7-8,13-14,17-21H2,1-2H3,(H,39,43). The van der Waals surface area contributed by atoms with Crippen LogP contribution in [0.5, 0.6) is 0 Å². The summed E-state index contributed by atoms with van der Waals surface area (Å²) in [7, 11) is 0.